The minimum Gasteiger partial charge on any atom is -0.386 e. The zero-order valence-corrected chi connectivity index (χ0v) is 11.6. The number of hydrogen-bond donors (Lipinski definition) is 1. The van der Waals surface area contributed by atoms with E-state index in [1.54, 1.807) is 7.11 Å². The van der Waals surface area contributed by atoms with Crippen molar-refractivity contribution in [2.45, 2.75) is 32.3 Å². The molecule has 0 fully saturated rings. The van der Waals surface area contributed by atoms with Crippen LogP contribution in [0.25, 0.3) is 0 Å². The van der Waals surface area contributed by atoms with Crippen molar-refractivity contribution in [1.29, 1.82) is 0 Å². The van der Waals surface area contributed by atoms with Crippen LogP contribution in [0.3, 0.4) is 0 Å². The van der Waals surface area contributed by atoms with Crippen molar-refractivity contribution in [3.63, 3.8) is 0 Å². The third-order valence-corrected chi connectivity index (χ3v) is 2.90. The van der Waals surface area contributed by atoms with E-state index in [4.69, 9.17) is 9.47 Å². The van der Waals surface area contributed by atoms with Crippen LogP contribution in [0, 0.1) is 0 Å². The van der Waals surface area contributed by atoms with Crippen molar-refractivity contribution in [2.24, 2.45) is 0 Å². The standard InChI is InChI=1S/C15H24O3/c1-12(2)13-5-7-14(8-6-13)15(16)11-18-10-4-9-17-3/h5-8,12,15-16H,4,9-11H2,1-3H3. The molecule has 0 bridgehead atoms. The zero-order chi connectivity index (χ0) is 13.4. The quantitative estimate of drug-likeness (QED) is 0.723. The number of benzene rings is 1. The number of ether oxygens (including phenoxy) is 2. The molecule has 0 aliphatic carbocycles. The lowest BCUT2D eigenvalue weighted by Crippen LogP contribution is -2.09. The Hall–Kier alpha value is -0.900. The Morgan fingerprint density at radius 3 is 2.22 bits per heavy atom. The largest absolute Gasteiger partial charge is 0.386 e. The first kappa shape index (κ1) is 15.2. The molecule has 0 aromatic heterocycles. The molecule has 1 aromatic rings. The van der Waals surface area contributed by atoms with Gasteiger partial charge >= 0.3 is 0 Å². The van der Waals surface area contributed by atoms with Crippen molar-refractivity contribution in [2.75, 3.05) is 26.9 Å². The first-order chi connectivity index (χ1) is 8.65. The van der Waals surface area contributed by atoms with Crippen LogP contribution in [0.15, 0.2) is 24.3 Å². The van der Waals surface area contributed by atoms with Crippen LogP contribution in [0.2, 0.25) is 0 Å². The summed E-state index contributed by atoms with van der Waals surface area (Å²) in [5, 5.41) is 9.95. The molecule has 3 heteroatoms. The Morgan fingerprint density at radius 2 is 1.67 bits per heavy atom. The number of aliphatic hydroxyl groups is 1. The smallest absolute Gasteiger partial charge is 0.102 e. The number of rotatable bonds is 8. The topological polar surface area (TPSA) is 38.7 Å². The van der Waals surface area contributed by atoms with Gasteiger partial charge in [0.25, 0.3) is 0 Å². The van der Waals surface area contributed by atoms with Crippen molar-refractivity contribution >= 4 is 0 Å². The maximum absolute atomic E-state index is 9.95. The molecule has 0 saturated heterocycles. The molecule has 1 unspecified atom stereocenters. The summed E-state index contributed by atoms with van der Waals surface area (Å²) in [6.07, 6.45) is 0.309. The van der Waals surface area contributed by atoms with Gasteiger partial charge in [0.05, 0.1) is 6.61 Å². The van der Waals surface area contributed by atoms with Gasteiger partial charge in [-0.15, -0.1) is 0 Å². The Morgan fingerprint density at radius 1 is 1.06 bits per heavy atom. The van der Waals surface area contributed by atoms with Gasteiger partial charge in [0.15, 0.2) is 0 Å². The average molecular weight is 252 g/mol. The van der Waals surface area contributed by atoms with Crippen LogP contribution in [0.5, 0.6) is 0 Å². The minimum absolute atomic E-state index is 0.338. The predicted molar refractivity (Wildman–Crippen MR) is 72.8 cm³/mol. The van der Waals surface area contributed by atoms with E-state index in [0.717, 1.165) is 12.0 Å². The van der Waals surface area contributed by atoms with E-state index >= 15 is 0 Å². The van der Waals surface area contributed by atoms with Crippen LogP contribution in [0.1, 0.15) is 43.4 Å². The second kappa shape index (κ2) is 8.25. The van der Waals surface area contributed by atoms with E-state index in [0.29, 0.717) is 25.7 Å². The van der Waals surface area contributed by atoms with Gasteiger partial charge in [-0.1, -0.05) is 38.1 Å². The van der Waals surface area contributed by atoms with Gasteiger partial charge in [-0.3, -0.25) is 0 Å². The second-order valence-electron chi connectivity index (χ2n) is 4.76. The van der Waals surface area contributed by atoms with Crippen LogP contribution in [-0.2, 0) is 9.47 Å². The van der Waals surface area contributed by atoms with Gasteiger partial charge in [0.1, 0.15) is 6.10 Å². The molecule has 0 aliphatic rings. The summed E-state index contributed by atoms with van der Waals surface area (Å²) >= 11 is 0. The average Bonchev–Trinajstić information content (AvgIpc) is 2.38. The van der Waals surface area contributed by atoms with Crippen molar-refractivity contribution in [3.05, 3.63) is 35.4 Å². The van der Waals surface area contributed by atoms with E-state index < -0.39 is 6.10 Å². The third kappa shape index (κ3) is 5.17. The second-order valence-corrected chi connectivity index (χ2v) is 4.76. The van der Waals surface area contributed by atoms with E-state index in [-0.39, 0.29) is 0 Å². The number of methoxy groups -OCH3 is 1. The van der Waals surface area contributed by atoms with Gasteiger partial charge in [-0.2, -0.15) is 0 Å². The van der Waals surface area contributed by atoms with Gasteiger partial charge in [-0.05, 0) is 23.5 Å². The number of hydrogen-bond acceptors (Lipinski definition) is 3. The van der Waals surface area contributed by atoms with Crippen molar-refractivity contribution < 1.29 is 14.6 Å². The fourth-order valence-electron chi connectivity index (χ4n) is 1.70. The van der Waals surface area contributed by atoms with E-state index in [2.05, 4.69) is 26.0 Å². The lowest BCUT2D eigenvalue weighted by atomic mass is 10.0. The molecule has 3 nitrogen and oxygen atoms in total. The molecule has 1 aromatic carbocycles. The monoisotopic (exact) mass is 252 g/mol. The van der Waals surface area contributed by atoms with Crippen LogP contribution in [0.4, 0.5) is 0 Å². The summed E-state index contributed by atoms with van der Waals surface area (Å²) in [7, 11) is 1.67. The molecule has 0 radical (unpaired) electrons. The summed E-state index contributed by atoms with van der Waals surface area (Å²) in [6.45, 7) is 5.97. The molecule has 0 saturated carbocycles. The molecular weight excluding hydrogens is 228 g/mol. The molecule has 0 amide bonds. The van der Waals surface area contributed by atoms with Gasteiger partial charge < -0.3 is 14.6 Å². The fraction of sp³-hybridized carbons (Fsp3) is 0.600. The summed E-state index contributed by atoms with van der Waals surface area (Å²) in [4.78, 5) is 0. The summed E-state index contributed by atoms with van der Waals surface area (Å²) in [6, 6.07) is 8.07. The third-order valence-electron chi connectivity index (χ3n) is 2.90. The molecule has 0 heterocycles. The Kier molecular flexibility index (Phi) is 6.94. The van der Waals surface area contributed by atoms with Crippen molar-refractivity contribution in [1.82, 2.24) is 0 Å². The van der Waals surface area contributed by atoms with Crippen LogP contribution < -0.4 is 0 Å². The van der Waals surface area contributed by atoms with E-state index in [1.807, 2.05) is 12.1 Å². The summed E-state index contributed by atoms with van der Waals surface area (Å²) in [5.74, 6) is 0.515. The SMILES string of the molecule is COCCCOCC(O)c1ccc(C(C)C)cc1. The molecule has 0 aliphatic heterocycles. The summed E-state index contributed by atoms with van der Waals surface area (Å²) < 4.78 is 10.3. The molecule has 0 spiro atoms. The molecular formula is C15H24O3. The summed E-state index contributed by atoms with van der Waals surface area (Å²) in [5.41, 5.74) is 2.19. The highest BCUT2D eigenvalue weighted by molar-refractivity contribution is 5.26. The highest BCUT2D eigenvalue weighted by Crippen LogP contribution is 2.18. The lowest BCUT2D eigenvalue weighted by molar-refractivity contribution is 0.0279. The normalized spacial score (nSPS) is 12.9. The molecule has 1 N–H and O–H groups in total. The van der Waals surface area contributed by atoms with Crippen molar-refractivity contribution in [3.8, 4) is 0 Å². The minimum atomic E-state index is -0.547. The Balaban J connectivity index is 2.34. The predicted octanol–water partition coefficient (Wildman–Crippen LogP) is 2.90. The van der Waals surface area contributed by atoms with Gasteiger partial charge in [-0.25, -0.2) is 0 Å². The zero-order valence-electron chi connectivity index (χ0n) is 11.6. The lowest BCUT2D eigenvalue weighted by Gasteiger charge is -2.13. The fourth-order valence-corrected chi connectivity index (χ4v) is 1.70. The van der Waals surface area contributed by atoms with Crippen LogP contribution in [-0.4, -0.2) is 32.0 Å². The van der Waals surface area contributed by atoms with Gasteiger partial charge in [0, 0.05) is 20.3 Å². The first-order valence-corrected chi connectivity index (χ1v) is 6.49. The molecule has 1 atom stereocenters. The molecule has 1 rings (SSSR count). The highest BCUT2D eigenvalue weighted by Gasteiger charge is 2.08. The number of aliphatic hydroxyl groups excluding tert-OH is 1. The maximum atomic E-state index is 9.95. The molecule has 18 heavy (non-hydrogen) atoms. The first-order valence-electron chi connectivity index (χ1n) is 6.49. The Labute approximate surface area is 110 Å². The van der Waals surface area contributed by atoms with Crippen LogP contribution >= 0.6 is 0 Å². The maximum Gasteiger partial charge on any atom is 0.102 e. The highest BCUT2D eigenvalue weighted by atomic mass is 16.5. The Bertz CT molecular complexity index is 319. The van der Waals surface area contributed by atoms with Gasteiger partial charge in [0.2, 0.25) is 0 Å². The van der Waals surface area contributed by atoms with E-state index in [9.17, 15) is 5.11 Å². The molecule has 102 valence electrons. The van der Waals surface area contributed by atoms with E-state index in [1.165, 1.54) is 5.56 Å².